The van der Waals surface area contributed by atoms with Gasteiger partial charge in [0.1, 0.15) is 13.2 Å². The highest BCUT2D eigenvalue weighted by molar-refractivity contribution is 7.90. The van der Waals surface area contributed by atoms with E-state index in [0.29, 0.717) is 13.0 Å². The van der Waals surface area contributed by atoms with Crippen molar-refractivity contribution < 1.29 is 27.5 Å². The maximum absolute atomic E-state index is 11.1. The number of quaternary nitrogens is 1. The van der Waals surface area contributed by atoms with Crippen LogP contribution in [0.4, 0.5) is 0 Å². The molecule has 134 valence electrons. The van der Waals surface area contributed by atoms with Crippen molar-refractivity contribution in [3.8, 4) is 0 Å². The number of ether oxygens (including phenoxy) is 1. The number of carbonyl (C=O) groups is 1. The van der Waals surface area contributed by atoms with E-state index in [0.717, 1.165) is 17.4 Å². The molecule has 1 heterocycles. The summed E-state index contributed by atoms with van der Waals surface area (Å²) in [4.78, 5) is 10.9. The first-order chi connectivity index (χ1) is 11.1. The van der Waals surface area contributed by atoms with Crippen molar-refractivity contribution >= 4 is 21.9 Å². The van der Waals surface area contributed by atoms with Gasteiger partial charge >= 0.3 is 5.97 Å². The number of rotatable bonds is 5. The summed E-state index contributed by atoms with van der Waals surface area (Å²) >= 11 is 0. The highest BCUT2D eigenvalue weighted by Gasteiger charge is 2.22. The number of carbonyl (C=O) groups excluding carboxylic acids is 1. The van der Waals surface area contributed by atoms with Crippen molar-refractivity contribution in [1.82, 2.24) is 0 Å². The zero-order valence-corrected chi connectivity index (χ0v) is 15.3. The van der Waals surface area contributed by atoms with Crippen molar-refractivity contribution in [2.24, 2.45) is 4.40 Å². The zero-order chi connectivity index (χ0) is 18.4. The molecule has 0 atom stereocenters. The Morgan fingerprint density at radius 1 is 1.25 bits per heavy atom. The maximum atomic E-state index is 11.1. The topological polar surface area (TPSA) is 95.9 Å². The molecule has 0 aliphatic carbocycles. The minimum atomic E-state index is -3.68. The number of esters is 1. The molecule has 1 aliphatic rings. The van der Waals surface area contributed by atoms with Gasteiger partial charge in [-0.15, -0.1) is 0 Å². The van der Waals surface area contributed by atoms with E-state index in [1.165, 1.54) is 12.1 Å². The van der Waals surface area contributed by atoms with Crippen LogP contribution in [0.3, 0.4) is 0 Å². The lowest BCUT2D eigenvalue weighted by molar-refractivity contribution is -0.870. The van der Waals surface area contributed by atoms with Crippen molar-refractivity contribution in [3.05, 3.63) is 29.8 Å². The lowest BCUT2D eigenvalue weighted by atomic mass is 10.2. The number of benzene rings is 1. The Balaban J connectivity index is 0.000000240. The average molecular weight is 356 g/mol. The van der Waals surface area contributed by atoms with Gasteiger partial charge < -0.3 is 14.3 Å². The normalized spacial score (nSPS) is 14.9. The molecule has 0 amide bonds. The fraction of sp³-hybridized carbons (Fsp3) is 0.500. The third-order valence-electron chi connectivity index (χ3n) is 3.08. The molecule has 0 N–H and O–H groups in total. The quantitative estimate of drug-likeness (QED) is 0.566. The minimum absolute atomic E-state index is 0.00926. The molecule has 1 aromatic carbocycles. The molecule has 1 aromatic rings. The molecule has 24 heavy (non-hydrogen) atoms. The van der Waals surface area contributed by atoms with Gasteiger partial charge in [-0.05, 0) is 12.5 Å². The molecule has 2 rings (SSSR count). The highest BCUT2D eigenvalue weighted by atomic mass is 32.2. The molecular weight excluding hydrogens is 332 g/mol. The highest BCUT2D eigenvalue weighted by Crippen LogP contribution is 2.23. The Hall–Kier alpha value is -1.93. The number of hydrogen-bond donors (Lipinski definition) is 0. The van der Waals surface area contributed by atoms with E-state index in [9.17, 15) is 18.3 Å². The summed E-state index contributed by atoms with van der Waals surface area (Å²) < 4.78 is 31.0. The summed E-state index contributed by atoms with van der Waals surface area (Å²) in [5, 5.41) is 10.9. The third-order valence-corrected chi connectivity index (χ3v) is 4.40. The van der Waals surface area contributed by atoms with Crippen LogP contribution in [0, 0.1) is 0 Å². The van der Waals surface area contributed by atoms with Crippen LogP contribution in [0.2, 0.25) is 0 Å². The van der Waals surface area contributed by atoms with Crippen molar-refractivity contribution in [2.75, 3.05) is 34.3 Å². The van der Waals surface area contributed by atoms with Gasteiger partial charge in [-0.25, -0.2) is 0 Å². The average Bonchev–Trinajstić information content (AvgIpc) is 2.69. The van der Waals surface area contributed by atoms with Crippen LogP contribution in [0.25, 0.3) is 0 Å². The maximum Gasteiger partial charge on any atom is 0.305 e. The summed E-state index contributed by atoms with van der Waals surface area (Å²) in [7, 11) is 2.55. The van der Waals surface area contributed by atoms with Crippen molar-refractivity contribution in [2.45, 2.75) is 24.7 Å². The summed E-state index contributed by atoms with van der Waals surface area (Å²) in [5.41, 5.74) is 0.164. The lowest BCUT2D eigenvalue weighted by Crippen LogP contribution is -2.37. The van der Waals surface area contributed by atoms with Gasteiger partial charge in [0, 0.05) is 17.9 Å². The standard InChI is InChI=1S/C9H20NO2.C7H5NO3S/c1-5-6-9(11)12-8-7-10(2,3)4;9-7-5-3-1-2-4-6(5)12(10,11)8-7/h5-8H2,1-4H3;1-4H,(H,8,9)/q+1;/p-1. The van der Waals surface area contributed by atoms with Crippen molar-refractivity contribution in [1.29, 1.82) is 0 Å². The van der Waals surface area contributed by atoms with E-state index < -0.39 is 15.9 Å². The van der Waals surface area contributed by atoms with Crippen LogP contribution in [0.15, 0.2) is 33.6 Å². The van der Waals surface area contributed by atoms with E-state index in [2.05, 4.69) is 25.5 Å². The molecule has 0 saturated carbocycles. The first-order valence-electron chi connectivity index (χ1n) is 7.64. The van der Waals surface area contributed by atoms with E-state index in [-0.39, 0.29) is 16.4 Å². The molecule has 0 aromatic heterocycles. The zero-order valence-electron chi connectivity index (χ0n) is 14.5. The third kappa shape index (κ3) is 6.29. The second-order valence-corrected chi connectivity index (χ2v) is 7.92. The van der Waals surface area contributed by atoms with Crippen LogP contribution in [-0.4, -0.2) is 59.1 Å². The first kappa shape index (κ1) is 20.1. The molecule has 0 radical (unpaired) electrons. The Morgan fingerprint density at radius 3 is 2.42 bits per heavy atom. The molecule has 0 unspecified atom stereocenters. The molecule has 8 heteroatoms. The van der Waals surface area contributed by atoms with Crippen LogP contribution in [-0.2, 0) is 19.6 Å². The van der Waals surface area contributed by atoms with E-state index in [1.54, 1.807) is 12.1 Å². The second-order valence-electron chi connectivity index (χ2n) is 6.35. The number of fused-ring (bicyclic) bond motifs is 1. The molecule has 7 nitrogen and oxygen atoms in total. The molecule has 0 spiro atoms. The van der Waals surface area contributed by atoms with E-state index >= 15 is 0 Å². The van der Waals surface area contributed by atoms with Crippen molar-refractivity contribution in [3.63, 3.8) is 0 Å². The summed E-state index contributed by atoms with van der Waals surface area (Å²) in [6.45, 7) is 3.37. The van der Waals surface area contributed by atoms with Gasteiger partial charge in [-0.2, -0.15) is 12.8 Å². The number of sulfonamides is 1. The number of hydrogen-bond acceptors (Lipinski definition) is 5. The van der Waals surface area contributed by atoms with Gasteiger partial charge in [-0.3, -0.25) is 4.79 Å². The summed E-state index contributed by atoms with van der Waals surface area (Å²) in [6, 6.07) is 5.99. The van der Waals surface area contributed by atoms with Gasteiger partial charge in [0.2, 0.25) is 0 Å². The van der Waals surface area contributed by atoms with Crippen LogP contribution >= 0.6 is 0 Å². The molecule has 0 saturated heterocycles. The monoisotopic (exact) mass is 356 g/mol. The van der Waals surface area contributed by atoms with Gasteiger partial charge in [0.05, 0.1) is 26.0 Å². The second kappa shape index (κ2) is 8.25. The van der Waals surface area contributed by atoms with E-state index in [4.69, 9.17) is 4.74 Å². The Kier molecular flexibility index (Phi) is 6.92. The van der Waals surface area contributed by atoms with Crippen LogP contribution in [0.1, 0.15) is 25.3 Å². The molecule has 1 aliphatic heterocycles. The summed E-state index contributed by atoms with van der Waals surface area (Å²) in [5.74, 6) is -0.753. The van der Waals surface area contributed by atoms with Crippen LogP contribution < -0.4 is 5.11 Å². The predicted octanol–water partition coefficient (Wildman–Crippen LogP) is 0.532. The van der Waals surface area contributed by atoms with Gasteiger partial charge in [-0.1, -0.05) is 25.1 Å². The SMILES string of the molecule is CCCC(=O)OCC[N+](C)(C)C.O=S1(=O)N=C([O-])c2ccccc21. The van der Waals surface area contributed by atoms with E-state index in [1.807, 2.05) is 6.92 Å². The Labute approximate surface area is 143 Å². The predicted molar refractivity (Wildman–Crippen MR) is 88.9 cm³/mol. The largest absolute Gasteiger partial charge is 0.858 e. The molecular formula is C16H24N2O5S. The van der Waals surface area contributed by atoms with Gasteiger partial charge in [0.25, 0.3) is 10.0 Å². The Bertz CT molecular complexity index is 705. The van der Waals surface area contributed by atoms with Gasteiger partial charge in [0.15, 0.2) is 0 Å². The first-order valence-corrected chi connectivity index (χ1v) is 9.08. The molecule has 0 bridgehead atoms. The lowest BCUT2D eigenvalue weighted by Gasteiger charge is -2.23. The fourth-order valence-electron chi connectivity index (χ4n) is 1.79. The minimum Gasteiger partial charge on any atom is -0.858 e. The number of likely N-dealkylation sites (N-methyl/N-ethyl adjacent to an activating group) is 1. The smallest absolute Gasteiger partial charge is 0.305 e. The fourth-order valence-corrected chi connectivity index (χ4v) is 2.88. The number of nitrogens with zero attached hydrogens (tertiary/aromatic N) is 2. The molecule has 0 fully saturated rings. The Morgan fingerprint density at radius 2 is 1.88 bits per heavy atom. The van der Waals surface area contributed by atoms with Crippen LogP contribution in [0.5, 0.6) is 0 Å². The summed E-state index contributed by atoms with van der Waals surface area (Å²) in [6.07, 6.45) is 1.40.